The molecule has 0 amide bonds. The van der Waals surface area contributed by atoms with E-state index in [1.165, 1.54) is 30.5 Å². The molecule has 2 aromatic rings. The normalized spacial score (nSPS) is 17.3. The highest BCUT2D eigenvalue weighted by Crippen LogP contribution is 2.34. The Kier molecular flexibility index (Phi) is 5.34. The first kappa shape index (κ1) is 18.8. The summed E-state index contributed by atoms with van der Waals surface area (Å²) >= 11 is 5.97. The van der Waals surface area contributed by atoms with E-state index in [-0.39, 0.29) is 28.2 Å². The number of para-hydroxylation sites is 1. The van der Waals surface area contributed by atoms with Gasteiger partial charge in [0.25, 0.3) is 0 Å². The van der Waals surface area contributed by atoms with Crippen molar-refractivity contribution in [2.45, 2.75) is 13.2 Å². The van der Waals surface area contributed by atoms with Gasteiger partial charge in [0, 0.05) is 17.8 Å². The van der Waals surface area contributed by atoms with Crippen molar-refractivity contribution in [3.8, 4) is 11.5 Å². The lowest BCUT2D eigenvalue weighted by molar-refractivity contribution is -0.0509. The van der Waals surface area contributed by atoms with E-state index in [4.69, 9.17) is 26.2 Å². The number of carboxylic acids is 1. The number of ether oxygens (including phenoxy) is 2. The van der Waals surface area contributed by atoms with Gasteiger partial charge in [0.1, 0.15) is 11.3 Å². The third-order valence-corrected chi connectivity index (χ3v) is 4.14. The number of fused-ring (bicyclic) bond motifs is 1. The third kappa shape index (κ3) is 3.74. The van der Waals surface area contributed by atoms with Gasteiger partial charge in [-0.15, -0.1) is 0 Å². The zero-order valence-corrected chi connectivity index (χ0v) is 15.0. The summed E-state index contributed by atoms with van der Waals surface area (Å²) in [5.74, 6) is -1.70. The number of hydrogen-bond acceptors (Lipinski definition) is 6. The van der Waals surface area contributed by atoms with Crippen LogP contribution in [-0.4, -0.2) is 34.9 Å². The average molecular weight is 390 g/mol. The number of Topliss-reactive ketones (excluding diaryl/α,β-unsaturated/α-hetero) is 1. The highest BCUT2D eigenvalue weighted by atomic mass is 35.5. The molecule has 140 valence electrons. The van der Waals surface area contributed by atoms with Crippen LogP contribution in [0.15, 0.2) is 48.2 Å². The van der Waals surface area contributed by atoms with Crippen LogP contribution < -0.4 is 10.1 Å². The summed E-state index contributed by atoms with van der Waals surface area (Å²) in [4.78, 5) is 24.0. The molecule has 7 nitrogen and oxygen atoms in total. The first-order chi connectivity index (χ1) is 12.9. The lowest BCUT2D eigenvalue weighted by Crippen LogP contribution is -2.33. The highest BCUT2D eigenvalue weighted by molar-refractivity contribution is 6.31. The van der Waals surface area contributed by atoms with E-state index in [2.05, 4.69) is 5.32 Å². The molecule has 0 aromatic heterocycles. The molecule has 3 rings (SSSR count). The maximum atomic E-state index is 12.9. The van der Waals surface area contributed by atoms with Crippen LogP contribution in [0.2, 0.25) is 5.02 Å². The van der Waals surface area contributed by atoms with E-state index in [1.807, 2.05) is 0 Å². The molecule has 0 bridgehead atoms. The first-order valence-corrected chi connectivity index (χ1v) is 8.44. The summed E-state index contributed by atoms with van der Waals surface area (Å²) in [6, 6.07) is 8.92. The molecule has 1 aliphatic heterocycles. The van der Waals surface area contributed by atoms with Crippen LogP contribution in [0.25, 0.3) is 0 Å². The summed E-state index contributed by atoms with van der Waals surface area (Å²) < 4.78 is 11.2. The van der Waals surface area contributed by atoms with E-state index in [0.29, 0.717) is 17.4 Å². The molecule has 0 fully saturated rings. The minimum Gasteiger partial charge on any atom is -0.505 e. The number of ketones is 1. The fourth-order valence-corrected chi connectivity index (χ4v) is 2.79. The Hall–Kier alpha value is -3.03. The zero-order valence-electron chi connectivity index (χ0n) is 14.2. The number of carbonyl (C=O) groups is 2. The number of halogens is 1. The molecular formula is C19H16ClNO6. The Balaban J connectivity index is 1.97. The van der Waals surface area contributed by atoms with E-state index in [0.717, 1.165) is 0 Å². The van der Waals surface area contributed by atoms with Crippen molar-refractivity contribution >= 4 is 29.0 Å². The van der Waals surface area contributed by atoms with Crippen LogP contribution in [0.5, 0.6) is 11.5 Å². The summed E-state index contributed by atoms with van der Waals surface area (Å²) in [6.45, 7) is 2.07. The second-order valence-electron chi connectivity index (χ2n) is 5.63. The molecule has 0 radical (unpaired) electrons. The first-order valence-electron chi connectivity index (χ1n) is 8.06. The maximum Gasteiger partial charge on any atom is 0.339 e. The Labute approximate surface area is 159 Å². The number of anilines is 1. The average Bonchev–Trinajstić information content (AvgIpc) is 2.63. The van der Waals surface area contributed by atoms with Gasteiger partial charge >= 0.3 is 5.97 Å². The fraction of sp³-hybridized carbons (Fsp3) is 0.158. The van der Waals surface area contributed by atoms with Crippen molar-refractivity contribution in [2.24, 2.45) is 0 Å². The third-order valence-electron chi connectivity index (χ3n) is 3.90. The minimum atomic E-state index is -1.27. The standard InChI is InChI=1S/C19H16ClNO6/c1-2-26-19-13(16(22)12-8-10(20)6-7-15(12)27-19)9-21-14-5-3-4-11(17(14)23)18(24)25/h3-9,19,21,23H,2H2,1H3,(H,24,25)/b13-9+. The molecule has 0 spiro atoms. The van der Waals surface area contributed by atoms with E-state index < -0.39 is 18.0 Å². The number of benzene rings is 2. The van der Waals surface area contributed by atoms with Gasteiger partial charge < -0.3 is 25.0 Å². The summed E-state index contributed by atoms with van der Waals surface area (Å²) in [6.07, 6.45) is 0.376. The largest absolute Gasteiger partial charge is 0.505 e. The summed E-state index contributed by atoms with van der Waals surface area (Å²) in [5, 5.41) is 22.3. The van der Waals surface area contributed by atoms with E-state index in [1.54, 1.807) is 19.1 Å². The molecule has 1 unspecified atom stereocenters. The number of nitrogens with one attached hydrogen (secondary N) is 1. The maximum absolute atomic E-state index is 12.9. The van der Waals surface area contributed by atoms with Crippen molar-refractivity contribution in [2.75, 3.05) is 11.9 Å². The SMILES string of the molecule is CCOC1Oc2ccc(Cl)cc2C(=O)/C1=C\Nc1cccc(C(=O)O)c1O. The fourth-order valence-electron chi connectivity index (χ4n) is 2.62. The molecule has 8 heteroatoms. The van der Waals surface area contributed by atoms with Crippen molar-refractivity contribution in [1.29, 1.82) is 0 Å². The van der Waals surface area contributed by atoms with Crippen molar-refractivity contribution < 1.29 is 29.3 Å². The highest BCUT2D eigenvalue weighted by Gasteiger charge is 2.32. The molecular weight excluding hydrogens is 374 g/mol. The second-order valence-corrected chi connectivity index (χ2v) is 6.06. The molecule has 0 aliphatic carbocycles. The van der Waals surface area contributed by atoms with Crippen LogP contribution in [0, 0.1) is 0 Å². The molecule has 1 aliphatic rings. The number of carboxylic acid groups (broad SMARTS) is 1. The Morgan fingerprint density at radius 1 is 1.37 bits per heavy atom. The van der Waals surface area contributed by atoms with Crippen molar-refractivity contribution in [1.82, 2.24) is 0 Å². The number of aromatic carboxylic acids is 1. The Morgan fingerprint density at radius 3 is 2.85 bits per heavy atom. The van der Waals surface area contributed by atoms with Crippen molar-refractivity contribution in [3.63, 3.8) is 0 Å². The van der Waals surface area contributed by atoms with Gasteiger partial charge in [0.05, 0.1) is 16.8 Å². The lowest BCUT2D eigenvalue weighted by Gasteiger charge is -2.27. The van der Waals surface area contributed by atoms with Gasteiger partial charge in [-0.2, -0.15) is 0 Å². The molecule has 0 saturated heterocycles. The van der Waals surface area contributed by atoms with Crippen LogP contribution >= 0.6 is 11.6 Å². The molecule has 1 heterocycles. The molecule has 3 N–H and O–H groups in total. The van der Waals surface area contributed by atoms with E-state index in [9.17, 15) is 14.7 Å². The zero-order chi connectivity index (χ0) is 19.6. The molecule has 2 aromatic carbocycles. The van der Waals surface area contributed by atoms with Gasteiger partial charge in [-0.25, -0.2) is 4.79 Å². The number of aromatic hydroxyl groups is 1. The number of carbonyl (C=O) groups excluding carboxylic acids is 1. The molecule has 1 atom stereocenters. The Bertz CT molecular complexity index is 940. The van der Waals surface area contributed by atoms with Gasteiger partial charge in [-0.05, 0) is 37.3 Å². The van der Waals surface area contributed by atoms with Gasteiger partial charge in [-0.3, -0.25) is 4.79 Å². The van der Waals surface area contributed by atoms with Gasteiger partial charge in [-0.1, -0.05) is 17.7 Å². The van der Waals surface area contributed by atoms with Crippen LogP contribution in [0.3, 0.4) is 0 Å². The smallest absolute Gasteiger partial charge is 0.339 e. The van der Waals surface area contributed by atoms with Gasteiger partial charge in [0.2, 0.25) is 12.1 Å². The summed E-state index contributed by atoms with van der Waals surface area (Å²) in [7, 11) is 0. The quantitative estimate of drug-likeness (QED) is 0.529. The number of phenols is 1. The lowest BCUT2D eigenvalue weighted by atomic mass is 10.00. The van der Waals surface area contributed by atoms with Gasteiger partial charge in [0.15, 0.2) is 5.75 Å². The van der Waals surface area contributed by atoms with Crippen LogP contribution in [0.4, 0.5) is 5.69 Å². The minimum absolute atomic E-state index is 0.127. The van der Waals surface area contributed by atoms with Crippen LogP contribution in [0.1, 0.15) is 27.6 Å². The Morgan fingerprint density at radius 2 is 2.15 bits per heavy atom. The van der Waals surface area contributed by atoms with Crippen LogP contribution in [-0.2, 0) is 4.74 Å². The van der Waals surface area contributed by atoms with Crippen molar-refractivity contribution in [3.05, 3.63) is 64.3 Å². The topological polar surface area (TPSA) is 105 Å². The molecule has 0 saturated carbocycles. The molecule has 27 heavy (non-hydrogen) atoms. The predicted molar refractivity (Wildman–Crippen MR) is 98.6 cm³/mol. The predicted octanol–water partition coefficient (Wildman–Crippen LogP) is 3.68. The number of rotatable bonds is 5. The second kappa shape index (κ2) is 7.69. The van der Waals surface area contributed by atoms with E-state index >= 15 is 0 Å². The monoisotopic (exact) mass is 389 g/mol. The number of hydrogen-bond donors (Lipinski definition) is 3. The summed E-state index contributed by atoms with van der Waals surface area (Å²) in [5.41, 5.74) is 0.312.